The van der Waals surface area contributed by atoms with E-state index in [9.17, 15) is 4.79 Å². The van der Waals surface area contributed by atoms with E-state index in [0.717, 1.165) is 51.9 Å². The van der Waals surface area contributed by atoms with Gasteiger partial charge in [0.25, 0.3) is 0 Å². The van der Waals surface area contributed by atoms with Crippen LogP contribution in [0.3, 0.4) is 0 Å². The molecule has 0 heterocycles. The van der Waals surface area contributed by atoms with E-state index in [1.807, 2.05) is 0 Å². The van der Waals surface area contributed by atoms with E-state index in [4.69, 9.17) is 9.47 Å². The molecule has 22 heavy (non-hydrogen) atoms. The summed E-state index contributed by atoms with van der Waals surface area (Å²) in [5, 5.41) is 0. The molecule has 0 saturated carbocycles. The van der Waals surface area contributed by atoms with Crippen LogP contribution in [0.1, 0.15) is 64.2 Å². The van der Waals surface area contributed by atoms with Crippen LogP contribution in [0.15, 0.2) is 0 Å². The summed E-state index contributed by atoms with van der Waals surface area (Å²) >= 11 is 0. The van der Waals surface area contributed by atoms with Crippen LogP contribution in [0.2, 0.25) is 0 Å². The van der Waals surface area contributed by atoms with Crippen LogP contribution < -0.4 is 0 Å². The Hall–Kier alpha value is -0.650. The van der Waals surface area contributed by atoms with Crippen molar-refractivity contribution in [2.45, 2.75) is 64.2 Å². The molecule has 0 aromatic rings. The van der Waals surface area contributed by atoms with Crippen molar-refractivity contribution in [3.05, 3.63) is 7.11 Å². The Kier molecular flexibility index (Phi) is 19.7. The Balaban J connectivity index is 2.92. The number of hydrogen-bond donors (Lipinski definition) is 0. The molecular formula is C17H32O5. The molecule has 2 radical (unpaired) electrons. The minimum Gasteiger partial charge on any atom is -0.457 e. The molecule has 0 N–H and O–H groups in total. The van der Waals surface area contributed by atoms with Crippen molar-refractivity contribution in [2.24, 2.45) is 0 Å². The molecule has 0 rings (SSSR count). The second-order valence-corrected chi connectivity index (χ2v) is 5.31. The summed E-state index contributed by atoms with van der Waals surface area (Å²) < 4.78 is 19.9. The third-order valence-corrected chi connectivity index (χ3v) is 3.34. The van der Waals surface area contributed by atoms with Crippen LogP contribution in [0, 0.1) is 7.11 Å². The molecule has 0 fully saturated rings. The maximum atomic E-state index is 9.80. The Bertz CT molecular complexity index is 211. The highest BCUT2D eigenvalue weighted by molar-refractivity contribution is 5.37. The first-order valence-electron chi connectivity index (χ1n) is 8.43. The lowest BCUT2D eigenvalue weighted by Gasteiger charge is -2.05. The molecule has 0 amide bonds. The van der Waals surface area contributed by atoms with Gasteiger partial charge in [0.2, 0.25) is 0 Å². The highest BCUT2D eigenvalue weighted by Gasteiger charge is 1.94. The zero-order valence-electron chi connectivity index (χ0n) is 13.9. The van der Waals surface area contributed by atoms with Gasteiger partial charge in [0.1, 0.15) is 6.79 Å². The molecule has 0 aliphatic heterocycles. The quantitative estimate of drug-likeness (QED) is 0.268. The second-order valence-electron chi connectivity index (χ2n) is 5.31. The Labute approximate surface area is 135 Å². The predicted octanol–water partition coefficient (Wildman–Crippen LogP) is 3.77. The normalized spacial score (nSPS) is 10.8. The number of unbranched alkanes of at least 4 members (excludes halogenated alkanes) is 8. The van der Waals surface area contributed by atoms with Gasteiger partial charge in [0.05, 0.1) is 13.7 Å². The van der Waals surface area contributed by atoms with Crippen molar-refractivity contribution in [1.29, 1.82) is 0 Å². The van der Waals surface area contributed by atoms with Gasteiger partial charge < -0.3 is 18.9 Å². The van der Waals surface area contributed by atoms with Crippen LogP contribution in [-0.2, 0) is 23.7 Å². The standard InChI is InChI=1S/C17H32O5/c1-19-17-22-15-11-7-3-5-9-13-20-12-8-4-2-6-10-14-21-16-18/h1-15,17H2. The topological polar surface area (TPSA) is 54.0 Å². The summed E-state index contributed by atoms with van der Waals surface area (Å²) in [7, 11) is 3.24. The van der Waals surface area contributed by atoms with Gasteiger partial charge >= 0.3 is 6.47 Å². The molecular weight excluding hydrogens is 284 g/mol. The first kappa shape index (κ1) is 21.4. The number of ether oxygens (including phenoxy) is 4. The molecule has 0 aliphatic carbocycles. The molecule has 0 aromatic carbocycles. The van der Waals surface area contributed by atoms with Gasteiger partial charge in [-0.1, -0.05) is 38.5 Å². The average molecular weight is 316 g/mol. The third-order valence-electron chi connectivity index (χ3n) is 3.34. The molecule has 0 spiro atoms. The van der Waals surface area contributed by atoms with Crippen molar-refractivity contribution in [3.8, 4) is 0 Å². The zero-order valence-corrected chi connectivity index (χ0v) is 13.9. The molecule has 0 atom stereocenters. The van der Waals surface area contributed by atoms with Gasteiger partial charge in [0.15, 0.2) is 0 Å². The summed E-state index contributed by atoms with van der Waals surface area (Å²) in [6.45, 7) is 4.71. The summed E-state index contributed by atoms with van der Waals surface area (Å²) in [4.78, 5) is 9.80. The fourth-order valence-corrected chi connectivity index (χ4v) is 2.11. The van der Waals surface area contributed by atoms with Crippen molar-refractivity contribution < 1.29 is 23.7 Å². The fourth-order valence-electron chi connectivity index (χ4n) is 2.11. The molecule has 130 valence electrons. The molecule has 0 aliphatic rings. The highest BCUT2D eigenvalue weighted by Crippen LogP contribution is 2.05. The van der Waals surface area contributed by atoms with E-state index in [1.165, 1.54) is 38.6 Å². The second kappa shape index (κ2) is 20.3. The maximum Gasteiger partial charge on any atom is 0.417 e. The van der Waals surface area contributed by atoms with Gasteiger partial charge in [-0.05, 0) is 25.7 Å². The fraction of sp³-hybridized carbons (Fsp3) is 0.882. The first-order valence-corrected chi connectivity index (χ1v) is 8.43. The van der Waals surface area contributed by atoms with E-state index >= 15 is 0 Å². The monoisotopic (exact) mass is 316 g/mol. The van der Waals surface area contributed by atoms with E-state index in [2.05, 4.69) is 16.6 Å². The SMILES string of the molecule is [CH2]OCOCCCCCCCOCCCCCCCO[C]=O. The van der Waals surface area contributed by atoms with Crippen LogP contribution in [0.5, 0.6) is 0 Å². The number of hydrogen-bond acceptors (Lipinski definition) is 5. The zero-order chi connectivity index (χ0) is 16.1. The molecule has 0 saturated heterocycles. The van der Waals surface area contributed by atoms with Crippen LogP contribution in [0.4, 0.5) is 0 Å². The average Bonchev–Trinajstić information content (AvgIpc) is 2.54. The van der Waals surface area contributed by atoms with Crippen molar-refractivity contribution in [2.75, 3.05) is 33.2 Å². The third kappa shape index (κ3) is 19.4. The molecule has 0 unspecified atom stereocenters. The molecule has 5 nitrogen and oxygen atoms in total. The Morgan fingerprint density at radius 1 is 0.636 bits per heavy atom. The Morgan fingerprint density at radius 3 is 1.59 bits per heavy atom. The van der Waals surface area contributed by atoms with Crippen molar-refractivity contribution in [3.63, 3.8) is 0 Å². The number of carbonyl (C=O) groups excluding carboxylic acids is 1. The number of rotatable bonds is 19. The summed E-state index contributed by atoms with van der Waals surface area (Å²) in [6, 6.07) is 0. The Morgan fingerprint density at radius 2 is 1.09 bits per heavy atom. The lowest BCUT2D eigenvalue weighted by Crippen LogP contribution is -1.99. The van der Waals surface area contributed by atoms with Gasteiger partial charge in [-0.2, -0.15) is 0 Å². The van der Waals surface area contributed by atoms with E-state index in [1.54, 1.807) is 0 Å². The van der Waals surface area contributed by atoms with Crippen LogP contribution in [0.25, 0.3) is 0 Å². The van der Waals surface area contributed by atoms with Gasteiger partial charge in [-0.25, -0.2) is 4.79 Å². The minimum absolute atomic E-state index is 0.291. The largest absolute Gasteiger partial charge is 0.457 e. The molecule has 0 aromatic heterocycles. The molecule has 0 bridgehead atoms. The minimum atomic E-state index is 0.291. The summed E-state index contributed by atoms with van der Waals surface area (Å²) in [5.41, 5.74) is 0. The molecule has 5 heteroatoms. The van der Waals surface area contributed by atoms with Crippen LogP contribution >= 0.6 is 0 Å². The van der Waals surface area contributed by atoms with Gasteiger partial charge in [-0.3, -0.25) is 0 Å². The lowest BCUT2D eigenvalue weighted by molar-refractivity contribution is -0.0156. The van der Waals surface area contributed by atoms with Crippen molar-refractivity contribution >= 4 is 6.47 Å². The lowest BCUT2D eigenvalue weighted by atomic mass is 10.1. The van der Waals surface area contributed by atoms with E-state index < -0.39 is 0 Å². The van der Waals surface area contributed by atoms with Crippen LogP contribution in [-0.4, -0.2) is 39.7 Å². The smallest absolute Gasteiger partial charge is 0.417 e. The highest BCUT2D eigenvalue weighted by atomic mass is 16.7. The maximum absolute atomic E-state index is 9.80. The van der Waals surface area contributed by atoms with Gasteiger partial charge in [-0.15, -0.1) is 0 Å². The predicted molar refractivity (Wildman–Crippen MR) is 85.9 cm³/mol. The summed E-state index contributed by atoms with van der Waals surface area (Å²) in [6.07, 6.45) is 11.4. The van der Waals surface area contributed by atoms with Crippen molar-refractivity contribution in [1.82, 2.24) is 0 Å². The first-order chi connectivity index (χ1) is 10.9. The summed E-state index contributed by atoms with van der Waals surface area (Å²) in [5.74, 6) is 0. The van der Waals surface area contributed by atoms with Gasteiger partial charge in [0, 0.05) is 19.8 Å². The van der Waals surface area contributed by atoms with E-state index in [0.29, 0.717) is 13.4 Å². The van der Waals surface area contributed by atoms with E-state index in [-0.39, 0.29) is 0 Å².